The first kappa shape index (κ1) is 19.9. The average molecular weight is 395 g/mol. The number of rotatable bonds is 6. The molecule has 1 amide bonds. The van der Waals surface area contributed by atoms with Crippen molar-refractivity contribution in [2.75, 3.05) is 23.4 Å². The third-order valence-electron chi connectivity index (χ3n) is 6.28. The standard InChI is InChI=1S/C24H30N2O3/c27-16-22(28)23(17-7-3-1-4-8-17)26-14-13-19-15-20(11-12-21(19)26)25-24(29)18-9-5-2-6-10-18/h1,3-4,7-8,11-12,15,18,22-23,27-28H,2,5-6,9-10,13-14,16H2,(H,25,29). The van der Waals surface area contributed by atoms with Gasteiger partial charge in [-0.2, -0.15) is 0 Å². The number of benzene rings is 2. The van der Waals surface area contributed by atoms with Gasteiger partial charge in [0.1, 0.15) is 6.10 Å². The van der Waals surface area contributed by atoms with E-state index in [1.165, 1.54) is 6.42 Å². The van der Waals surface area contributed by atoms with Crippen molar-refractivity contribution in [3.05, 3.63) is 59.7 Å². The van der Waals surface area contributed by atoms with Gasteiger partial charge < -0.3 is 20.4 Å². The summed E-state index contributed by atoms with van der Waals surface area (Å²) in [5, 5.41) is 23.2. The lowest BCUT2D eigenvalue weighted by Gasteiger charge is -2.33. The number of anilines is 2. The fourth-order valence-electron chi connectivity index (χ4n) is 4.76. The average Bonchev–Trinajstić information content (AvgIpc) is 3.18. The number of carbonyl (C=O) groups is 1. The Bertz CT molecular complexity index is 833. The van der Waals surface area contributed by atoms with E-state index in [0.29, 0.717) is 0 Å². The Balaban J connectivity index is 1.53. The summed E-state index contributed by atoms with van der Waals surface area (Å²) >= 11 is 0. The molecule has 0 bridgehead atoms. The van der Waals surface area contributed by atoms with Crippen LogP contribution < -0.4 is 10.2 Å². The second-order valence-electron chi connectivity index (χ2n) is 8.22. The Kier molecular flexibility index (Phi) is 6.16. The Morgan fingerprint density at radius 3 is 2.59 bits per heavy atom. The number of carbonyl (C=O) groups excluding carboxylic acids is 1. The maximum Gasteiger partial charge on any atom is 0.227 e. The third-order valence-corrected chi connectivity index (χ3v) is 6.28. The molecule has 1 heterocycles. The number of hydrogen-bond donors (Lipinski definition) is 3. The van der Waals surface area contributed by atoms with Gasteiger partial charge in [-0.3, -0.25) is 4.79 Å². The summed E-state index contributed by atoms with van der Waals surface area (Å²) in [6.45, 7) is 0.479. The highest BCUT2D eigenvalue weighted by Crippen LogP contribution is 2.38. The molecule has 2 atom stereocenters. The van der Waals surface area contributed by atoms with Crippen molar-refractivity contribution in [3.8, 4) is 0 Å². The van der Waals surface area contributed by atoms with Crippen LogP contribution in [0.25, 0.3) is 0 Å². The first-order valence-electron chi connectivity index (χ1n) is 10.7. The van der Waals surface area contributed by atoms with Gasteiger partial charge in [-0.25, -0.2) is 0 Å². The van der Waals surface area contributed by atoms with Crippen LogP contribution in [0.2, 0.25) is 0 Å². The van der Waals surface area contributed by atoms with E-state index in [2.05, 4.69) is 16.3 Å². The second-order valence-corrected chi connectivity index (χ2v) is 8.22. The zero-order valence-electron chi connectivity index (χ0n) is 16.8. The predicted octanol–water partition coefficient (Wildman–Crippen LogP) is 3.66. The molecule has 1 aliphatic carbocycles. The molecule has 1 fully saturated rings. The summed E-state index contributed by atoms with van der Waals surface area (Å²) < 4.78 is 0. The number of nitrogens with one attached hydrogen (secondary N) is 1. The molecule has 5 nitrogen and oxygen atoms in total. The second kappa shape index (κ2) is 8.97. The number of amides is 1. The fourth-order valence-corrected chi connectivity index (χ4v) is 4.76. The van der Waals surface area contributed by atoms with Crippen molar-refractivity contribution in [1.82, 2.24) is 0 Å². The molecule has 5 heteroatoms. The SMILES string of the molecule is O=C(Nc1ccc2c(c1)CCN2C(c1ccccc1)C(O)CO)C1CCCCC1. The molecule has 2 aliphatic rings. The molecule has 1 aliphatic heterocycles. The zero-order chi connectivity index (χ0) is 20.2. The Morgan fingerprint density at radius 2 is 1.86 bits per heavy atom. The molecule has 0 aromatic heterocycles. The molecular weight excluding hydrogens is 364 g/mol. The molecule has 1 saturated carbocycles. The van der Waals surface area contributed by atoms with E-state index in [0.717, 1.165) is 61.2 Å². The van der Waals surface area contributed by atoms with Crippen molar-refractivity contribution >= 4 is 17.3 Å². The molecule has 0 spiro atoms. The largest absolute Gasteiger partial charge is 0.394 e. The van der Waals surface area contributed by atoms with Gasteiger partial charge in [0.15, 0.2) is 0 Å². The van der Waals surface area contributed by atoms with Gasteiger partial charge in [0, 0.05) is 23.8 Å². The number of aliphatic hydroxyl groups excluding tert-OH is 2. The summed E-state index contributed by atoms with van der Waals surface area (Å²) in [6, 6.07) is 15.6. The van der Waals surface area contributed by atoms with Crippen molar-refractivity contribution < 1.29 is 15.0 Å². The van der Waals surface area contributed by atoms with Gasteiger partial charge in [-0.1, -0.05) is 49.6 Å². The summed E-state index contributed by atoms with van der Waals surface area (Å²) in [5.41, 5.74) is 4.05. The van der Waals surface area contributed by atoms with Crippen molar-refractivity contribution in [1.29, 1.82) is 0 Å². The van der Waals surface area contributed by atoms with Gasteiger partial charge in [0.2, 0.25) is 5.91 Å². The van der Waals surface area contributed by atoms with Crippen LogP contribution in [0.5, 0.6) is 0 Å². The van der Waals surface area contributed by atoms with Crippen LogP contribution in [-0.2, 0) is 11.2 Å². The van der Waals surface area contributed by atoms with Crippen molar-refractivity contribution in [3.63, 3.8) is 0 Å². The lowest BCUT2D eigenvalue weighted by Crippen LogP contribution is -2.37. The van der Waals surface area contributed by atoms with Gasteiger partial charge in [0.05, 0.1) is 12.6 Å². The van der Waals surface area contributed by atoms with E-state index in [-0.39, 0.29) is 24.5 Å². The molecule has 154 valence electrons. The minimum atomic E-state index is -0.867. The summed E-state index contributed by atoms with van der Waals surface area (Å²) in [6.07, 6.45) is 5.49. The summed E-state index contributed by atoms with van der Waals surface area (Å²) in [7, 11) is 0. The van der Waals surface area contributed by atoms with Crippen LogP contribution in [0.3, 0.4) is 0 Å². The van der Waals surface area contributed by atoms with E-state index in [1.807, 2.05) is 42.5 Å². The van der Waals surface area contributed by atoms with Crippen LogP contribution in [0.4, 0.5) is 11.4 Å². The van der Waals surface area contributed by atoms with Crippen LogP contribution >= 0.6 is 0 Å². The molecule has 2 aromatic carbocycles. The topological polar surface area (TPSA) is 72.8 Å². The highest BCUT2D eigenvalue weighted by atomic mass is 16.3. The van der Waals surface area contributed by atoms with E-state index >= 15 is 0 Å². The Labute approximate surface area is 172 Å². The van der Waals surface area contributed by atoms with Crippen molar-refractivity contribution in [2.45, 2.75) is 50.7 Å². The maximum absolute atomic E-state index is 12.6. The minimum absolute atomic E-state index is 0.135. The highest BCUT2D eigenvalue weighted by molar-refractivity contribution is 5.93. The smallest absolute Gasteiger partial charge is 0.227 e. The lowest BCUT2D eigenvalue weighted by atomic mass is 9.88. The van der Waals surface area contributed by atoms with E-state index in [9.17, 15) is 15.0 Å². The van der Waals surface area contributed by atoms with Crippen molar-refractivity contribution in [2.24, 2.45) is 5.92 Å². The van der Waals surface area contributed by atoms with E-state index < -0.39 is 6.10 Å². The molecule has 2 aromatic rings. The number of hydrogen-bond acceptors (Lipinski definition) is 4. The minimum Gasteiger partial charge on any atom is -0.394 e. The van der Waals surface area contributed by atoms with Crippen LogP contribution in [0, 0.1) is 5.92 Å². The number of fused-ring (bicyclic) bond motifs is 1. The van der Waals surface area contributed by atoms with Gasteiger partial charge in [-0.05, 0) is 48.6 Å². The summed E-state index contributed by atoms with van der Waals surface area (Å²) in [5.74, 6) is 0.271. The van der Waals surface area contributed by atoms with Gasteiger partial charge >= 0.3 is 0 Å². The van der Waals surface area contributed by atoms with Crippen LogP contribution in [-0.4, -0.2) is 35.4 Å². The molecule has 4 rings (SSSR count). The predicted molar refractivity (Wildman–Crippen MR) is 115 cm³/mol. The first-order valence-corrected chi connectivity index (χ1v) is 10.7. The summed E-state index contributed by atoms with van der Waals surface area (Å²) in [4.78, 5) is 14.7. The van der Waals surface area contributed by atoms with Gasteiger partial charge in [-0.15, -0.1) is 0 Å². The molecule has 0 radical (unpaired) electrons. The van der Waals surface area contributed by atoms with Crippen LogP contribution in [0.15, 0.2) is 48.5 Å². The molecule has 2 unspecified atom stereocenters. The third kappa shape index (κ3) is 4.31. The lowest BCUT2D eigenvalue weighted by molar-refractivity contribution is -0.120. The van der Waals surface area contributed by atoms with E-state index in [1.54, 1.807) is 0 Å². The monoisotopic (exact) mass is 394 g/mol. The molecule has 3 N–H and O–H groups in total. The van der Waals surface area contributed by atoms with Gasteiger partial charge in [0.25, 0.3) is 0 Å². The number of nitrogens with zero attached hydrogens (tertiary/aromatic N) is 1. The normalized spacial score (nSPS) is 18.9. The Hall–Kier alpha value is -2.37. The first-order chi connectivity index (χ1) is 14.2. The van der Waals surface area contributed by atoms with Crippen LogP contribution in [0.1, 0.15) is 49.3 Å². The highest BCUT2D eigenvalue weighted by Gasteiger charge is 2.32. The van der Waals surface area contributed by atoms with E-state index in [4.69, 9.17) is 0 Å². The number of aliphatic hydroxyl groups is 2. The Morgan fingerprint density at radius 1 is 1.10 bits per heavy atom. The maximum atomic E-state index is 12.6. The quantitative estimate of drug-likeness (QED) is 0.699. The zero-order valence-corrected chi connectivity index (χ0v) is 16.8. The molecule has 0 saturated heterocycles. The molecular formula is C24H30N2O3. The molecule has 29 heavy (non-hydrogen) atoms. The fraction of sp³-hybridized carbons (Fsp3) is 0.458.